The fourth-order valence-electron chi connectivity index (χ4n) is 4.20. The van der Waals surface area contributed by atoms with Crippen LogP contribution in [0.4, 0.5) is 11.4 Å². The lowest BCUT2D eigenvalue weighted by Gasteiger charge is -2.34. The molecular weight excluding hydrogens is 372 g/mol. The monoisotopic (exact) mass is 398 g/mol. The first-order valence-electron chi connectivity index (χ1n) is 10.0. The Morgan fingerprint density at radius 2 is 1.60 bits per heavy atom. The summed E-state index contributed by atoms with van der Waals surface area (Å²) in [6.45, 7) is 6.25. The predicted molar refractivity (Wildman–Crippen MR) is 124 cm³/mol. The Morgan fingerprint density at radius 1 is 0.933 bits per heavy atom. The molecule has 0 radical (unpaired) electrons. The molecule has 1 amide bonds. The van der Waals surface area contributed by atoms with Crippen molar-refractivity contribution in [3.05, 3.63) is 83.9 Å². The third-order valence-corrected chi connectivity index (χ3v) is 5.49. The quantitative estimate of drug-likeness (QED) is 0.574. The van der Waals surface area contributed by atoms with Gasteiger partial charge in [-0.15, -0.1) is 0 Å². The highest BCUT2D eigenvalue weighted by Gasteiger charge is 2.30. The van der Waals surface area contributed by atoms with Crippen LogP contribution in [0.2, 0.25) is 0 Å². The molecule has 0 fully saturated rings. The standard InChI is InChI=1S/C26H26N2O2/c1-17-16-26(2,3)27-21-15-14-20(19-12-8-9-13-22(19)29)24(23(17)21)25(30)28(4)18-10-6-5-7-11-18/h5-16,27,29H,1-4H3. The fraction of sp³-hybridized carbons (Fsp3) is 0.192. The molecule has 30 heavy (non-hydrogen) atoms. The van der Waals surface area contributed by atoms with Crippen molar-refractivity contribution in [1.29, 1.82) is 0 Å². The van der Waals surface area contributed by atoms with E-state index in [1.807, 2.05) is 61.5 Å². The van der Waals surface area contributed by atoms with Crippen molar-refractivity contribution in [3.63, 3.8) is 0 Å². The molecule has 3 aromatic rings. The van der Waals surface area contributed by atoms with E-state index in [4.69, 9.17) is 0 Å². The van der Waals surface area contributed by atoms with E-state index >= 15 is 0 Å². The van der Waals surface area contributed by atoms with Crippen LogP contribution in [0.25, 0.3) is 16.7 Å². The second-order valence-electron chi connectivity index (χ2n) is 8.30. The van der Waals surface area contributed by atoms with Gasteiger partial charge in [-0.3, -0.25) is 4.79 Å². The molecule has 0 atom stereocenters. The van der Waals surface area contributed by atoms with Crippen LogP contribution < -0.4 is 10.2 Å². The van der Waals surface area contributed by atoms with Crippen LogP contribution in [-0.4, -0.2) is 23.6 Å². The van der Waals surface area contributed by atoms with Crippen LogP contribution in [0.5, 0.6) is 5.75 Å². The van der Waals surface area contributed by atoms with Crippen LogP contribution in [-0.2, 0) is 0 Å². The third-order valence-electron chi connectivity index (χ3n) is 5.49. The molecule has 1 heterocycles. The van der Waals surface area contributed by atoms with E-state index in [2.05, 4.69) is 25.2 Å². The normalized spacial score (nSPS) is 14.3. The van der Waals surface area contributed by atoms with Crippen molar-refractivity contribution < 1.29 is 9.90 Å². The summed E-state index contributed by atoms with van der Waals surface area (Å²) in [5.41, 5.74) is 5.38. The van der Waals surface area contributed by atoms with Crippen molar-refractivity contribution in [2.45, 2.75) is 26.3 Å². The van der Waals surface area contributed by atoms with Crippen LogP contribution in [0.3, 0.4) is 0 Å². The van der Waals surface area contributed by atoms with Crippen molar-refractivity contribution >= 4 is 22.9 Å². The Morgan fingerprint density at radius 3 is 2.30 bits per heavy atom. The zero-order valence-corrected chi connectivity index (χ0v) is 17.7. The zero-order chi connectivity index (χ0) is 21.5. The molecule has 1 aliphatic rings. The smallest absolute Gasteiger partial charge is 0.259 e. The Bertz CT molecular complexity index is 1150. The number of amides is 1. The van der Waals surface area contributed by atoms with Crippen LogP contribution in [0, 0.1) is 0 Å². The second-order valence-corrected chi connectivity index (χ2v) is 8.30. The average molecular weight is 399 g/mol. The highest BCUT2D eigenvalue weighted by atomic mass is 16.3. The maximum absolute atomic E-state index is 13.8. The van der Waals surface area contributed by atoms with Crippen LogP contribution in [0.1, 0.15) is 36.7 Å². The van der Waals surface area contributed by atoms with Gasteiger partial charge < -0.3 is 15.3 Å². The van der Waals surface area contributed by atoms with E-state index in [0.717, 1.165) is 22.5 Å². The molecule has 0 unspecified atom stereocenters. The summed E-state index contributed by atoms with van der Waals surface area (Å²) >= 11 is 0. The summed E-state index contributed by atoms with van der Waals surface area (Å²) in [6.07, 6.45) is 2.14. The minimum absolute atomic E-state index is 0.120. The molecule has 4 rings (SSSR count). The number of nitrogens with zero attached hydrogens (tertiary/aromatic N) is 1. The first-order chi connectivity index (χ1) is 14.3. The van der Waals surface area contributed by atoms with Crippen LogP contribution in [0.15, 0.2) is 72.8 Å². The molecule has 0 saturated heterocycles. The van der Waals surface area contributed by atoms with Gasteiger partial charge in [-0.2, -0.15) is 0 Å². The summed E-state index contributed by atoms with van der Waals surface area (Å²) in [7, 11) is 1.78. The van der Waals surface area contributed by atoms with Gasteiger partial charge in [-0.05, 0) is 56.2 Å². The molecule has 0 bridgehead atoms. The Labute approximate surface area is 177 Å². The first kappa shape index (κ1) is 19.8. The maximum atomic E-state index is 13.8. The van der Waals surface area contributed by atoms with Gasteiger partial charge in [0, 0.05) is 29.5 Å². The lowest BCUT2D eigenvalue weighted by atomic mass is 9.84. The van der Waals surface area contributed by atoms with Crippen molar-refractivity contribution in [2.24, 2.45) is 0 Å². The van der Waals surface area contributed by atoms with E-state index in [1.165, 1.54) is 0 Å². The van der Waals surface area contributed by atoms with E-state index in [1.54, 1.807) is 24.1 Å². The number of carbonyl (C=O) groups excluding carboxylic acids is 1. The number of phenols is 1. The van der Waals surface area contributed by atoms with E-state index in [-0.39, 0.29) is 17.2 Å². The Balaban J connectivity index is 1.97. The van der Waals surface area contributed by atoms with Crippen molar-refractivity contribution in [2.75, 3.05) is 17.3 Å². The minimum atomic E-state index is -0.209. The number of nitrogens with one attached hydrogen (secondary N) is 1. The average Bonchev–Trinajstić information content (AvgIpc) is 2.72. The summed E-state index contributed by atoms with van der Waals surface area (Å²) in [5.74, 6) is 0.0326. The minimum Gasteiger partial charge on any atom is -0.507 e. The number of allylic oxidation sites excluding steroid dienone is 1. The van der Waals surface area contributed by atoms with Crippen LogP contribution >= 0.6 is 0 Å². The number of carbonyl (C=O) groups is 1. The largest absolute Gasteiger partial charge is 0.507 e. The third kappa shape index (κ3) is 3.45. The van der Waals surface area contributed by atoms with Gasteiger partial charge in [0.25, 0.3) is 5.91 Å². The van der Waals surface area contributed by atoms with E-state index in [0.29, 0.717) is 16.7 Å². The number of fused-ring (bicyclic) bond motifs is 1. The summed E-state index contributed by atoms with van der Waals surface area (Å²) in [6, 6.07) is 20.6. The molecule has 0 spiro atoms. The fourth-order valence-corrected chi connectivity index (χ4v) is 4.20. The summed E-state index contributed by atoms with van der Waals surface area (Å²) in [5, 5.41) is 14.0. The summed E-state index contributed by atoms with van der Waals surface area (Å²) < 4.78 is 0. The highest BCUT2D eigenvalue weighted by molar-refractivity contribution is 6.14. The van der Waals surface area contributed by atoms with Gasteiger partial charge in [-0.1, -0.05) is 48.5 Å². The number of rotatable bonds is 3. The molecule has 0 saturated carbocycles. The molecule has 4 nitrogen and oxygen atoms in total. The molecule has 3 aromatic carbocycles. The molecule has 2 N–H and O–H groups in total. The Kier molecular flexibility index (Phi) is 4.86. The highest BCUT2D eigenvalue weighted by Crippen LogP contribution is 2.42. The van der Waals surface area contributed by atoms with Crippen molar-refractivity contribution in [1.82, 2.24) is 0 Å². The first-order valence-corrected chi connectivity index (χ1v) is 10.0. The van der Waals surface area contributed by atoms with Gasteiger partial charge in [0.1, 0.15) is 5.75 Å². The maximum Gasteiger partial charge on any atom is 0.259 e. The lowest BCUT2D eigenvalue weighted by Crippen LogP contribution is -2.34. The van der Waals surface area contributed by atoms with E-state index < -0.39 is 0 Å². The molecule has 0 aliphatic carbocycles. The molecule has 4 heteroatoms. The van der Waals surface area contributed by atoms with Gasteiger partial charge in [-0.25, -0.2) is 0 Å². The number of phenolic OH excluding ortho intramolecular Hbond substituents is 1. The van der Waals surface area contributed by atoms with Gasteiger partial charge >= 0.3 is 0 Å². The van der Waals surface area contributed by atoms with E-state index in [9.17, 15) is 9.90 Å². The van der Waals surface area contributed by atoms with Gasteiger partial charge in [0.15, 0.2) is 0 Å². The Hall–Kier alpha value is -3.53. The lowest BCUT2D eigenvalue weighted by molar-refractivity contribution is 0.0993. The molecule has 0 aromatic heterocycles. The number of hydrogen-bond donors (Lipinski definition) is 2. The number of para-hydroxylation sites is 2. The molecular formula is C26H26N2O2. The van der Waals surface area contributed by atoms with Gasteiger partial charge in [0.2, 0.25) is 0 Å². The number of aromatic hydroxyl groups is 1. The SMILES string of the molecule is CC1=CC(C)(C)Nc2ccc(-c3ccccc3O)c(C(=O)N(C)c3ccccc3)c21. The number of hydrogen-bond acceptors (Lipinski definition) is 3. The number of anilines is 2. The second kappa shape index (κ2) is 7.38. The number of benzene rings is 3. The van der Waals surface area contributed by atoms with Crippen molar-refractivity contribution in [3.8, 4) is 16.9 Å². The molecule has 1 aliphatic heterocycles. The topological polar surface area (TPSA) is 52.6 Å². The zero-order valence-electron chi connectivity index (χ0n) is 17.7. The molecule has 152 valence electrons. The predicted octanol–water partition coefficient (Wildman–Crippen LogP) is 5.94. The van der Waals surface area contributed by atoms with Gasteiger partial charge in [0.05, 0.1) is 11.1 Å². The summed E-state index contributed by atoms with van der Waals surface area (Å²) in [4.78, 5) is 15.5.